The van der Waals surface area contributed by atoms with Crippen LogP contribution in [0.3, 0.4) is 0 Å². The van der Waals surface area contributed by atoms with Gasteiger partial charge in [0.2, 0.25) is 0 Å². The zero-order valence-corrected chi connectivity index (χ0v) is 11.0. The highest BCUT2D eigenvalue weighted by atomic mass is 16.2. The molecule has 1 aromatic heterocycles. The number of rotatable bonds is 4. The molecule has 1 aliphatic rings. The fraction of sp³-hybridized carbons (Fsp3) is 0.267. The van der Waals surface area contributed by atoms with Gasteiger partial charge in [0.05, 0.1) is 0 Å². The fourth-order valence-corrected chi connectivity index (χ4v) is 2.29. The summed E-state index contributed by atoms with van der Waals surface area (Å²) in [6.45, 7) is 0.642. The Balaban J connectivity index is 1.56. The molecule has 5 nitrogen and oxygen atoms in total. The van der Waals surface area contributed by atoms with Crippen LogP contribution in [0.15, 0.2) is 48.7 Å². The number of amides is 2. The number of nitrogens with one attached hydrogen (secondary N) is 2. The Hall–Kier alpha value is -2.43. The van der Waals surface area contributed by atoms with Gasteiger partial charge in [0, 0.05) is 18.2 Å². The SMILES string of the molecule is O=C(NCC1(c2ccccc2)CC1)Nc1cccnn1. The predicted octanol–water partition coefficient (Wildman–Crippen LogP) is 2.33. The van der Waals surface area contributed by atoms with E-state index in [1.807, 2.05) is 18.2 Å². The first-order valence-corrected chi connectivity index (χ1v) is 6.67. The molecule has 5 heteroatoms. The predicted molar refractivity (Wildman–Crippen MR) is 76.4 cm³/mol. The lowest BCUT2D eigenvalue weighted by Crippen LogP contribution is -2.35. The summed E-state index contributed by atoms with van der Waals surface area (Å²) in [5.41, 5.74) is 1.40. The Kier molecular flexibility index (Phi) is 3.33. The third kappa shape index (κ3) is 2.77. The van der Waals surface area contributed by atoms with Crippen molar-refractivity contribution < 1.29 is 4.79 Å². The van der Waals surface area contributed by atoms with E-state index in [4.69, 9.17) is 0 Å². The van der Waals surface area contributed by atoms with E-state index in [1.165, 1.54) is 5.56 Å². The molecular weight excluding hydrogens is 252 g/mol. The number of nitrogens with zero attached hydrogens (tertiary/aromatic N) is 2. The van der Waals surface area contributed by atoms with Crippen molar-refractivity contribution in [1.82, 2.24) is 15.5 Å². The molecule has 2 aromatic rings. The Morgan fingerprint density at radius 2 is 1.95 bits per heavy atom. The number of hydrogen-bond donors (Lipinski definition) is 2. The molecule has 1 fully saturated rings. The van der Waals surface area contributed by atoms with Crippen LogP contribution in [0.4, 0.5) is 10.6 Å². The van der Waals surface area contributed by atoms with Crippen LogP contribution in [0.25, 0.3) is 0 Å². The lowest BCUT2D eigenvalue weighted by molar-refractivity contribution is 0.251. The topological polar surface area (TPSA) is 66.9 Å². The first-order chi connectivity index (χ1) is 9.78. The number of hydrogen-bond acceptors (Lipinski definition) is 3. The minimum atomic E-state index is -0.243. The van der Waals surface area contributed by atoms with Crippen molar-refractivity contribution in [2.75, 3.05) is 11.9 Å². The normalized spacial score (nSPS) is 15.4. The summed E-state index contributed by atoms with van der Waals surface area (Å²) in [5, 5.41) is 13.1. The van der Waals surface area contributed by atoms with Crippen molar-refractivity contribution >= 4 is 11.8 Å². The number of carbonyl (C=O) groups excluding carboxylic acids is 1. The van der Waals surface area contributed by atoms with Crippen LogP contribution in [0.5, 0.6) is 0 Å². The maximum absolute atomic E-state index is 11.8. The van der Waals surface area contributed by atoms with Gasteiger partial charge in [-0.25, -0.2) is 4.79 Å². The molecule has 1 aromatic carbocycles. The molecule has 0 bridgehead atoms. The Labute approximate surface area is 117 Å². The third-order valence-corrected chi connectivity index (χ3v) is 3.64. The van der Waals surface area contributed by atoms with E-state index in [0.717, 1.165) is 12.8 Å². The largest absolute Gasteiger partial charge is 0.337 e. The lowest BCUT2D eigenvalue weighted by Gasteiger charge is -2.16. The van der Waals surface area contributed by atoms with Crippen molar-refractivity contribution in [3.05, 3.63) is 54.2 Å². The van der Waals surface area contributed by atoms with Crippen molar-refractivity contribution in [2.24, 2.45) is 0 Å². The molecular formula is C15H16N4O. The van der Waals surface area contributed by atoms with E-state index in [2.05, 4.69) is 33.0 Å². The second-order valence-electron chi connectivity index (χ2n) is 5.06. The smallest absolute Gasteiger partial charge is 0.320 e. The fourth-order valence-electron chi connectivity index (χ4n) is 2.29. The molecule has 2 N–H and O–H groups in total. The van der Waals surface area contributed by atoms with E-state index < -0.39 is 0 Å². The standard InChI is InChI=1S/C15H16N4O/c20-14(18-13-7-4-10-17-19-13)16-11-15(8-9-15)12-5-2-1-3-6-12/h1-7,10H,8-9,11H2,(H2,16,18,19,20). The first-order valence-electron chi connectivity index (χ1n) is 6.67. The lowest BCUT2D eigenvalue weighted by atomic mass is 9.96. The average molecular weight is 268 g/mol. The number of benzene rings is 1. The summed E-state index contributed by atoms with van der Waals surface area (Å²) in [4.78, 5) is 11.8. The molecule has 20 heavy (non-hydrogen) atoms. The molecule has 1 heterocycles. The second kappa shape index (κ2) is 5.28. The Morgan fingerprint density at radius 1 is 1.15 bits per heavy atom. The van der Waals surface area contributed by atoms with Gasteiger partial charge in [-0.2, -0.15) is 5.10 Å². The van der Waals surface area contributed by atoms with E-state index >= 15 is 0 Å². The number of urea groups is 1. The highest BCUT2D eigenvalue weighted by molar-refractivity contribution is 5.88. The zero-order chi connectivity index (χ0) is 13.8. The van der Waals surface area contributed by atoms with Gasteiger partial charge < -0.3 is 5.32 Å². The molecule has 1 aliphatic carbocycles. The Morgan fingerprint density at radius 3 is 2.60 bits per heavy atom. The maximum Gasteiger partial charge on any atom is 0.320 e. The van der Waals surface area contributed by atoms with Crippen LogP contribution in [0, 0.1) is 0 Å². The van der Waals surface area contributed by atoms with Gasteiger partial charge in [0.25, 0.3) is 0 Å². The second-order valence-corrected chi connectivity index (χ2v) is 5.06. The highest BCUT2D eigenvalue weighted by Gasteiger charge is 2.44. The van der Waals surface area contributed by atoms with Crippen LogP contribution in [-0.4, -0.2) is 22.8 Å². The summed E-state index contributed by atoms with van der Waals surface area (Å²) in [6, 6.07) is 13.5. The van der Waals surface area contributed by atoms with E-state index in [9.17, 15) is 4.79 Å². The molecule has 0 aliphatic heterocycles. The minimum Gasteiger partial charge on any atom is -0.337 e. The van der Waals surface area contributed by atoms with E-state index in [-0.39, 0.29) is 11.4 Å². The van der Waals surface area contributed by atoms with Gasteiger partial charge >= 0.3 is 6.03 Å². The molecule has 1 saturated carbocycles. The van der Waals surface area contributed by atoms with Gasteiger partial charge in [-0.1, -0.05) is 30.3 Å². The summed E-state index contributed by atoms with van der Waals surface area (Å²) in [6.07, 6.45) is 3.79. The highest BCUT2D eigenvalue weighted by Crippen LogP contribution is 2.47. The van der Waals surface area contributed by atoms with Crippen LogP contribution in [0.1, 0.15) is 18.4 Å². The van der Waals surface area contributed by atoms with Crippen molar-refractivity contribution in [1.29, 1.82) is 0 Å². The van der Waals surface area contributed by atoms with E-state index in [0.29, 0.717) is 12.4 Å². The molecule has 3 rings (SSSR count). The number of anilines is 1. The van der Waals surface area contributed by atoms with Crippen LogP contribution >= 0.6 is 0 Å². The van der Waals surface area contributed by atoms with Gasteiger partial charge in [-0.05, 0) is 30.5 Å². The molecule has 2 amide bonds. The van der Waals surface area contributed by atoms with Crippen molar-refractivity contribution in [3.63, 3.8) is 0 Å². The molecule has 0 spiro atoms. The monoisotopic (exact) mass is 268 g/mol. The molecule has 0 radical (unpaired) electrons. The maximum atomic E-state index is 11.8. The van der Waals surface area contributed by atoms with Gasteiger partial charge in [-0.3, -0.25) is 5.32 Å². The van der Waals surface area contributed by atoms with Crippen LogP contribution in [0.2, 0.25) is 0 Å². The molecule has 102 valence electrons. The summed E-state index contributed by atoms with van der Waals surface area (Å²) in [5.74, 6) is 0.453. The van der Waals surface area contributed by atoms with Crippen molar-refractivity contribution in [3.8, 4) is 0 Å². The van der Waals surface area contributed by atoms with Gasteiger partial charge in [-0.15, -0.1) is 5.10 Å². The average Bonchev–Trinajstić information content (AvgIpc) is 3.28. The van der Waals surface area contributed by atoms with Crippen LogP contribution in [-0.2, 0) is 5.41 Å². The minimum absolute atomic E-state index is 0.112. The van der Waals surface area contributed by atoms with Crippen LogP contribution < -0.4 is 10.6 Å². The summed E-state index contributed by atoms with van der Waals surface area (Å²) >= 11 is 0. The first kappa shape index (κ1) is 12.6. The van der Waals surface area contributed by atoms with Gasteiger partial charge in [0.1, 0.15) is 0 Å². The zero-order valence-electron chi connectivity index (χ0n) is 11.0. The number of aromatic nitrogens is 2. The molecule has 0 atom stereocenters. The van der Waals surface area contributed by atoms with Gasteiger partial charge in [0.15, 0.2) is 5.82 Å². The summed E-state index contributed by atoms with van der Waals surface area (Å²) in [7, 11) is 0. The van der Waals surface area contributed by atoms with E-state index in [1.54, 1.807) is 18.3 Å². The third-order valence-electron chi connectivity index (χ3n) is 3.64. The quantitative estimate of drug-likeness (QED) is 0.894. The Bertz CT molecular complexity index is 581. The number of carbonyl (C=O) groups is 1. The van der Waals surface area contributed by atoms with Crippen molar-refractivity contribution in [2.45, 2.75) is 18.3 Å². The molecule has 0 unspecified atom stereocenters. The summed E-state index contributed by atoms with van der Waals surface area (Å²) < 4.78 is 0. The molecule has 0 saturated heterocycles.